The van der Waals surface area contributed by atoms with Gasteiger partial charge >= 0.3 is 0 Å². The summed E-state index contributed by atoms with van der Waals surface area (Å²) in [7, 11) is -1.21. The second-order valence-corrected chi connectivity index (χ2v) is 18.1. The van der Waals surface area contributed by atoms with E-state index in [4.69, 9.17) is 9.72 Å². The summed E-state index contributed by atoms with van der Waals surface area (Å²) in [6, 6.07) is 4.67. The molecule has 3 heterocycles. The third kappa shape index (κ3) is 7.01. The van der Waals surface area contributed by atoms with Gasteiger partial charge in [-0.05, 0) is 37.4 Å². The Kier molecular flexibility index (Phi) is 8.74. The van der Waals surface area contributed by atoms with E-state index < -0.39 is 8.07 Å². The molecular formula is C26H39N5O3SSi. The number of nitrogens with one attached hydrogen (secondary N) is 2. The van der Waals surface area contributed by atoms with Crippen molar-refractivity contribution >= 4 is 42.4 Å². The Morgan fingerprint density at radius 3 is 2.56 bits per heavy atom. The first-order valence-corrected chi connectivity index (χ1v) is 17.0. The molecule has 0 unspecified atom stereocenters. The van der Waals surface area contributed by atoms with E-state index in [-0.39, 0.29) is 23.3 Å². The molecule has 8 nitrogen and oxygen atoms in total. The molecule has 2 amide bonds. The highest BCUT2D eigenvalue weighted by Gasteiger charge is 2.25. The maximum atomic E-state index is 13.3. The van der Waals surface area contributed by atoms with Gasteiger partial charge in [-0.2, -0.15) is 0 Å². The molecule has 0 radical (unpaired) electrons. The minimum absolute atomic E-state index is 0.0375. The van der Waals surface area contributed by atoms with Crippen LogP contribution in [0.4, 0.5) is 0 Å². The maximum Gasteiger partial charge on any atom is 0.261 e. The quantitative estimate of drug-likeness (QED) is 0.271. The molecule has 36 heavy (non-hydrogen) atoms. The SMILES string of the molecule is CCNC(=O)c1ccc(-c2cnc3c(n2)c(C(=O)N[C@@H](C)C(C)(C)C)cn3COCC[Si](C)(C)C)s1. The van der Waals surface area contributed by atoms with E-state index in [0.29, 0.717) is 47.2 Å². The summed E-state index contributed by atoms with van der Waals surface area (Å²) in [5.74, 6) is -0.301. The van der Waals surface area contributed by atoms with Crippen LogP contribution in [0.1, 0.15) is 54.6 Å². The number of hydrogen-bond acceptors (Lipinski definition) is 6. The molecular weight excluding hydrogens is 490 g/mol. The first kappa shape index (κ1) is 28.0. The lowest BCUT2D eigenvalue weighted by Crippen LogP contribution is -2.41. The third-order valence-electron chi connectivity index (χ3n) is 6.10. The van der Waals surface area contributed by atoms with Gasteiger partial charge in [0, 0.05) is 33.5 Å². The van der Waals surface area contributed by atoms with Crippen molar-refractivity contribution in [3.63, 3.8) is 0 Å². The number of rotatable bonds is 10. The van der Waals surface area contributed by atoms with E-state index in [1.807, 2.05) is 24.5 Å². The highest BCUT2D eigenvalue weighted by Crippen LogP contribution is 2.29. The average Bonchev–Trinajstić information content (AvgIpc) is 3.41. The number of carbonyl (C=O) groups is 2. The van der Waals surface area contributed by atoms with E-state index in [1.54, 1.807) is 18.5 Å². The van der Waals surface area contributed by atoms with Crippen molar-refractivity contribution in [3.05, 3.63) is 35.0 Å². The van der Waals surface area contributed by atoms with E-state index in [0.717, 1.165) is 10.9 Å². The van der Waals surface area contributed by atoms with Gasteiger partial charge in [-0.1, -0.05) is 40.4 Å². The maximum absolute atomic E-state index is 13.3. The molecule has 0 aliphatic heterocycles. The topological polar surface area (TPSA) is 98.1 Å². The summed E-state index contributed by atoms with van der Waals surface area (Å²) in [5.41, 5.74) is 2.12. The molecule has 0 aromatic carbocycles. The normalized spacial score (nSPS) is 13.1. The zero-order valence-corrected chi connectivity index (χ0v) is 24.5. The highest BCUT2D eigenvalue weighted by molar-refractivity contribution is 7.17. The van der Waals surface area contributed by atoms with Crippen LogP contribution in [-0.2, 0) is 11.5 Å². The lowest BCUT2D eigenvalue weighted by atomic mass is 9.88. The van der Waals surface area contributed by atoms with Crippen LogP contribution in [0.5, 0.6) is 0 Å². The molecule has 10 heteroatoms. The molecule has 196 valence electrons. The van der Waals surface area contributed by atoms with Gasteiger partial charge in [0.25, 0.3) is 11.8 Å². The Balaban J connectivity index is 1.95. The largest absolute Gasteiger partial charge is 0.361 e. The zero-order valence-electron chi connectivity index (χ0n) is 22.7. The molecule has 3 aromatic rings. The van der Waals surface area contributed by atoms with Crippen molar-refractivity contribution < 1.29 is 14.3 Å². The Hall–Kier alpha value is -2.56. The zero-order chi connectivity index (χ0) is 26.7. The smallest absolute Gasteiger partial charge is 0.261 e. The summed E-state index contributed by atoms with van der Waals surface area (Å²) >= 11 is 1.35. The van der Waals surface area contributed by atoms with Gasteiger partial charge in [0.2, 0.25) is 0 Å². The third-order valence-corrected chi connectivity index (χ3v) is 8.91. The van der Waals surface area contributed by atoms with Crippen LogP contribution in [0.25, 0.3) is 21.7 Å². The molecule has 0 aliphatic rings. The molecule has 0 fully saturated rings. The fourth-order valence-corrected chi connectivity index (χ4v) is 4.95. The van der Waals surface area contributed by atoms with Crippen molar-refractivity contribution in [2.75, 3.05) is 13.2 Å². The van der Waals surface area contributed by atoms with Crippen molar-refractivity contribution in [2.45, 2.75) is 73.1 Å². The minimum Gasteiger partial charge on any atom is -0.361 e. The predicted octanol–water partition coefficient (Wildman–Crippen LogP) is 5.39. The first-order valence-electron chi connectivity index (χ1n) is 12.4. The van der Waals surface area contributed by atoms with Crippen LogP contribution in [0, 0.1) is 5.41 Å². The van der Waals surface area contributed by atoms with Gasteiger partial charge in [-0.15, -0.1) is 11.3 Å². The Labute approximate surface area is 218 Å². The van der Waals surface area contributed by atoms with E-state index in [9.17, 15) is 9.59 Å². The summed E-state index contributed by atoms with van der Waals surface area (Å²) < 4.78 is 7.80. The predicted molar refractivity (Wildman–Crippen MR) is 149 cm³/mol. The van der Waals surface area contributed by atoms with Crippen molar-refractivity contribution in [2.24, 2.45) is 5.41 Å². The molecule has 0 bridgehead atoms. The number of aromatic nitrogens is 3. The van der Waals surface area contributed by atoms with Gasteiger partial charge in [0.05, 0.1) is 27.2 Å². The fourth-order valence-electron chi connectivity index (χ4n) is 3.31. The standard InChI is InChI=1S/C26H39N5O3SSi/c1-9-27-25(33)21-11-10-20(35-21)19-14-28-23-22(30-19)18(24(32)29-17(2)26(3,4)5)15-31(23)16-34-12-13-36(6,7)8/h10-11,14-15,17H,9,12-13,16H2,1-8H3,(H,27,33)(H,29,32)/t17-/m0/s1. The number of nitrogens with zero attached hydrogens (tertiary/aromatic N) is 3. The van der Waals surface area contributed by atoms with Crippen LogP contribution in [0.2, 0.25) is 25.7 Å². The molecule has 2 N–H and O–H groups in total. The number of carbonyl (C=O) groups excluding carboxylic acids is 2. The first-order chi connectivity index (χ1) is 16.8. The van der Waals surface area contributed by atoms with Gasteiger partial charge in [0.1, 0.15) is 12.2 Å². The van der Waals surface area contributed by atoms with Crippen LogP contribution in [-0.4, -0.2) is 53.6 Å². The number of thiophene rings is 1. The minimum atomic E-state index is -1.21. The Bertz CT molecular complexity index is 1220. The van der Waals surface area contributed by atoms with E-state index in [2.05, 4.69) is 56.0 Å². The lowest BCUT2D eigenvalue weighted by molar-refractivity contribution is 0.0882. The van der Waals surface area contributed by atoms with E-state index in [1.165, 1.54) is 11.3 Å². The summed E-state index contributed by atoms with van der Waals surface area (Å²) in [6.07, 6.45) is 3.47. The lowest BCUT2D eigenvalue weighted by Gasteiger charge is -2.27. The average molecular weight is 530 g/mol. The van der Waals surface area contributed by atoms with Gasteiger partial charge in [-0.3, -0.25) is 9.59 Å². The van der Waals surface area contributed by atoms with Crippen LogP contribution >= 0.6 is 11.3 Å². The highest BCUT2D eigenvalue weighted by atomic mass is 32.1. The monoisotopic (exact) mass is 529 g/mol. The number of amides is 2. The van der Waals surface area contributed by atoms with Gasteiger partial charge in [-0.25, -0.2) is 9.97 Å². The van der Waals surface area contributed by atoms with Crippen molar-refractivity contribution in [1.29, 1.82) is 0 Å². The number of hydrogen-bond donors (Lipinski definition) is 2. The van der Waals surface area contributed by atoms with E-state index >= 15 is 0 Å². The molecule has 0 saturated heterocycles. The van der Waals surface area contributed by atoms with Crippen molar-refractivity contribution in [3.8, 4) is 10.6 Å². The summed E-state index contributed by atoms with van der Waals surface area (Å²) in [5, 5.41) is 5.93. The second-order valence-electron chi connectivity index (χ2n) is 11.4. The van der Waals surface area contributed by atoms with Crippen LogP contribution in [0.3, 0.4) is 0 Å². The summed E-state index contributed by atoms with van der Waals surface area (Å²) in [4.78, 5) is 36.5. The number of ether oxygens (including phenoxy) is 1. The van der Waals surface area contributed by atoms with Crippen LogP contribution < -0.4 is 10.6 Å². The molecule has 1 atom stereocenters. The fraction of sp³-hybridized carbons (Fsp3) is 0.538. The molecule has 0 saturated carbocycles. The summed E-state index contributed by atoms with van der Waals surface area (Å²) in [6.45, 7) is 18.6. The van der Waals surface area contributed by atoms with Gasteiger partial charge < -0.3 is 19.9 Å². The Morgan fingerprint density at radius 1 is 1.19 bits per heavy atom. The van der Waals surface area contributed by atoms with Crippen molar-refractivity contribution in [1.82, 2.24) is 25.2 Å². The molecule has 3 rings (SSSR count). The molecule has 3 aromatic heterocycles. The second kappa shape index (κ2) is 11.2. The molecule has 0 spiro atoms. The number of fused-ring (bicyclic) bond motifs is 1. The molecule has 0 aliphatic carbocycles. The Morgan fingerprint density at radius 2 is 1.92 bits per heavy atom. The van der Waals surface area contributed by atoms with Gasteiger partial charge in [0.15, 0.2) is 5.65 Å². The van der Waals surface area contributed by atoms with Crippen LogP contribution in [0.15, 0.2) is 24.5 Å².